The molecule has 0 radical (unpaired) electrons. The van der Waals surface area contributed by atoms with E-state index in [1.807, 2.05) is 6.33 Å². The molecule has 1 aliphatic carbocycles. The molecule has 0 saturated heterocycles. The number of unbranched alkanes of at least 4 members (excludes halogenated alkanes) is 3. The maximum absolute atomic E-state index is 5.66. The van der Waals surface area contributed by atoms with Gasteiger partial charge < -0.3 is 4.57 Å². The van der Waals surface area contributed by atoms with Gasteiger partial charge in [-0.3, -0.25) is 0 Å². The quantitative estimate of drug-likeness (QED) is 0.549. The molecular formula is C13H21ClN2. The average molecular weight is 241 g/mol. The van der Waals surface area contributed by atoms with Crippen LogP contribution in [0.2, 0.25) is 0 Å². The van der Waals surface area contributed by atoms with Crippen molar-refractivity contribution in [1.82, 2.24) is 9.55 Å². The predicted octanol–water partition coefficient (Wildman–Crippen LogP) is 3.56. The van der Waals surface area contributed by atoms with Crippen molar-refractivity contribution in [1.29, 1.82) is 0 Å². The topological polar surface area (TPSA) is 17.8 Å². The zero-order chi connectivity index (χ0) is 11.2. The highest BCUT2D eigenvalue weighted by atomic mass is 35.5. The molecule has 1 aliphatic rings. The van der Waals surface area contributed by atoms with Crippen molar-refractivity contribution in [2.24, 2.45) is 0 Å². The predicted molar refractivity (Wildman–Crippen MR) is 68.1 cm³/mol. The van der Waals surface area contributed by atoms with Gasteiger partial charge in [0.1, 0.15) is 0 Å². The van der Waals surface area contributed by atoms with E-state index in [2.05, 4.69) is 9.55 Å². The fourth-order valence-corrected chi connectivity index (χ4v) is 2.64. The van der Waals surface area contributed by atoms with Crippen molar-refractivity contribution >= 4 is 11.6 Å². The molecule has 0 aliphatic heterocycles. The Bertz CT molecular complexity index is 320. The Morgan fingerprint density at radius 1 is 1.12 bits per heavy atom. The highest BCUT2D eigenvalue weighted by Crippen LogP contribution is 2.20. The van der Waals surface area contributed by atoms with Crippen LogP contribution in [0.25, 0.3) is 0 Å². The SMILES string of the molecule is ClCCCCCCn1cnc2c1CCCC2. The summed E-state index contributed by atoms with van der Waals surface area (Å²) >= 11 is 5.66. The zero-order valence-corrected chi connectivity index (χ0v) is 10.7. The highest BCUT2D eigenvalue weighted by molar-refractivity contribution is 6.17. The third-order valence-corrected chi connectivity index (χ3v) is 3.66. The lowest BCUT2D eigenvalue weighted by Crippen LogP contribution is -2.08. The van der Waals surface area contributed by atoms with Gasteiger partial charge in [0.2, 0.25) is 0 Å². The Labute approximate surface area is 103 Å². The number of halogens is 1. The molecule has 0 bridgehead atoms. The van der Waals surface area contributed by atoms with E-state index in [1.165, 1.54) is 56.3 Å². The lowest BCUT2D eigenvalue weighted by Gasteiger charge is -2.13. The fourth-order valence-electron chi connectivity index (χ4n) is 2.45. The maximum atomic E-state index is 5.66. The molecule has 2 rings (SSSR count). The zero-order valence-electron chi connectivity index (χ0n) is 9.92. The number of aryl methyl sites for hydroxylation is 2. The molecule has 1 aromatic rings. The number of nitrogens with zero attached hydrogens (tertiary/aromatic N) is 2. The number of rotatable bonds is 6. The Hall–Kier alpha value is -0.500. The molecule has 0 aromatic carbocycles. The van der Waals surface area contributed by atoms with Crippen LogP contribution in [0.3, 0.4) is 0 Å². The minimum Gasteiger partial charge on any atom is -0.334 e. The second-order valence-corrected chi connectivity index (χ2v) is 5.02. The van der Waals surface area contributed by atoms with Crippen LogP contribution in [0.4, 0.5) is 0 Å². The monoisotopic (exact) mass is 240 g/mol. The van der Waals surface area contributed by atoms with E-state index in [9.17, 15) is 0 Å². The van der Waals surface area contributed by atoms with Gasteiger partial charge in [-0.15, -0.1) is 11.6 Å². The second kappa shape index (κ2) is 6.29. The van der Waals surface area contributed by atoms with E-state index in [1.54, 1.807) is 0 Å². The van der Waals surface area contributed by atoms with Crippen LogP contribution in [0, 0.1) is 0 Å². The molecule has 0 saturated carbocycles. The van der Waals surface area contributed by atoms with Crippen molar-refractivity contribution < 1.29 is 0 Å². The van der Waals surface area contributed by atoms with Gasteiger partial charge in [-0.05, 0) is 38.5 Å². The molecule has 90 valence electrons. The molecule has 0 amide bonds. The van der Waals surface area contributed by atoms with E-state index in [0.717, 1.165) is 18.8 Å². The minimum atomic E-state index is 0.806. The van der Waals surface area contributed by atoms with Crippen LogP contribution < -0.4 is 0 Å². The van der Waals surface area contributed by atoms with Crippen LogP contribution in [0.5, 0.6) is 0 Å². The van der Waals surface area contributed by atoms with Gasteiger partial charge in [0.25, 0.3) is 0 Å². The van der Waals surface area contributed by atoms with Crippen molar-refractivity contribution in [2.45, 2.75) is 57.9 Å². The summed E-state index contributed by atoms with van der Waals surface area (Å²) in [6.07, 6.45) is 12.1. The summed E-state index contributed by atoms with van der Waals surface area (Å²) in [5, 5.41) is 0. The first kappa shape index (κ1) is 12.0. The van der Waals surface area contributed by atoms with E-state index < -0.39 is 0 Å². The normalized spacial score (nSPS) is 15.1. The van der Waals surface area contributed by atoms with Crippen molar-refractivity contribution in [3.8, 4) is 0 Å². The molecule has 0 atom stereocenters. The molecule has 16 heavy (non-hydrogen) atoms. The standard InChI is InChI=1S/C13H21ClN2/c14-9-5-1-2-6-10-16-11-15-12-7-3-4-8-13(12)16/h11H,1-10H2. The second-order valence-electron chi connectivity index (χ2n) is 4.64. The summed E-state index contributed by atoms with van der Waals surface area (Å²) in [5.74, 6) is 0.806. The van der Waals surface area contributed by atoms with Crippen LogP contribution in [0.15, 0.2) is 6.33 Å². The number of fused-ring (bicyclic) bond motifs is 1. The van der Waals surface area contributed by atoms with E-state index in [0.29, 0.717) is 0 Å². The molecule has 1 aromatic heterocycles. The Balaban J connectivity index is 1.78. The number of hydrogen-bond donors (Lipinski definition) is 0. The van der Waals surface area contributed by atoms with Crippen LogP contribution in [-0.2, 0) is 19.4 Å². The average Bonchev–Trinajstić information content (AvgIpc) is 2.73. The number of aromatic nitrogens is 2. The summed E-state index contributed by atoms with van der Waals surface area (Å²) in [6.45, 7) is 1.14. The lowest BCUT2D eigenvalue weighted by molar-refractivity contribution is 0.552. The molecule has 0 fully saturated rings. The summed E-state index contributed by atoms with van der Waals surface area (Å²) in [6, 6.07) is 0. The summed E-state index contributed by atoms with van der Waals surface area (Å²) in [5.41, 5.74) is 2.86. The smallest absolute Gasteiger partial charge is 0.0951 e. The van der Waals surface area contributed by atoms with Gasteiger partial charge in [0.15, 0.2) is 0 Å². The third kappa shape index (κ3) is 3.00. The number of hydrogen-bond acceptors (Lipinski definition) is 1. The van der Waals surface area contributed by atoms with Crippen molar-refractivity contribution in [3.05, 3.63) is 17.7 Å². The largest absolute Gasteiger partial charge is 0.334 e. The van der Waals surface area contributed by atoms with Gasteiger partial charge in [0, 0.05) is 18.1 Å². The van der Waals surface area contributed by atoms with E-state index in [4.69, 9.17) is 11.6 Å². The summed E-state index contributed by atoms with van der Waals surface area (Å²) in [7, 11) is 0. The Morgan fingerprint density at radius 2 is 1.94 bits per heavy atom. The first-order valence-corrected chi connectivity index (χ1v) is 7.04. The first-order chi connectivity index (χ1) is 7.92. The first-order valence-electron chi connectivity index (χ1n) is 6.50. The van der Waals surface area contributed by atoms with Crippen molar-refractivity contribution in [3.63, 3.8) is 0 Å². The van der Waals surface area contributed by atoms with Crippen LogP contribution >= 0.6 is 11.6 Å². The molecule has 1 heterocycles. The van der Waals surface area contributed by atoms with Crippen LogP contribution in [-0.4, -0.2) is 15.4 Å². The highest BCUT2D eigenvalue weighted by Gasteiger charge is 2.14. The minimum absolute atomic E-state index is 0.806. The van der Waals surface area contributed by atoms with Gasteiger partial charge >= 0.3 is 0 Å². The van der Waals surface area contributed by atoms with E-state index in [-0.39, 0.29) is 0 Å². The lowest BCUT2D eigenvalue weighted by atomic mass is 10.0. The molecular weight excluding hydrogens is 220 g/mol. The van der Waals surface area contributed by atoms with Crippen LogP contribution in [0.1, 0.15) is 49.9 Å². The van der Waals surface area contributed by atoms with Crippen molar-refractivity contribution in [2.75, 3.05) is 5.88 Å². The van der Waals surface area contributed by atoms with Gasteiger partial charge in [-0.1, -0.05) is 12.8 Å². The number of imidazole rings is 1. The van der Waals surface area contributed by atoms with Gasteiger partial charge in [-0.25, -0.2) is 4.98 Å². The molecule has 0 spiro atoms. The van der Waals surface area contributed by atoms with Gasteiger partial charge in [0.05, 0.1) is 12.0 Å². The number of alkyl halides is 1. The molecule has 3 heteroatoms. The maximum Gasteiger partial charge on any atom is 0.0951 e. The summed E-state index contributed by atoms with van der Waals surface area (Å²) in [4.78, 5) is 4.51. The molecule has 2 nitrogen and oxygen atoms in total. The Morgan fingerprint density at radius 3 is 2.81 bits per heavy atom. The molecule has 0 N–H and O–H groups in total. The van der Waals surface area contributed by atoms with E-state index >= 15 is 0 Å². The third-order valence-electron chi connectivity index (χ3n) is 3.39. The molecule has 0 unspecified atom stereocenters. The Kier molecular flexibility index (Phi) is 4.70. The summed E-state index contributed by atoms with van der Waals surface area (Å²) < 4.78 is 2.37. The van der Waals surface area contributed by atoms with Gasteiger partial charge in [-0.2, -0.15) is 0 Å². The fraction of sp³-hybridized carbons (Fsp3) is 0.769.